The minimum absolute atomic E-state index is 0.0121. The number of hydrogen-bond acceptors (Lipinski definition) is 4. The van der Waals surface area contributed by atoms with Gasteiger partial charge in [0.1, 0.15) is 12.4 Å². The molecule has 0 atom stereocenters. The Balaban J connectivity index is 1.78. The Bertz CT molecular complexity index is 734. The molecular formula is C17H17BrN2O3. The van der Waals surface area contributed by atoms with E-state index in [2.05, 4.69) is 26.2 Å². The standard InChI is InChI=1S/C17H17BrN2O3/c1-22-17-12(7-13(18)9-20-17)10-23-14-4-5-15-11(8-14)3-2-6-19-16(15)21/h4-5,7-9H,2-3,6,10H2,1H3,(H,19,21). The van der Waals surface area contributed by atoms with E-state index in [1.165, 1.54) is 0 Å². The molecule has 120 valence electrons. The Hall–Kier alpha value is -2.08. The average molecular weight is 377 g/mol. The highest BCUT2D eigenvalue weighted by atomic mass is 79.9. The number of nitrogens with zero attached hydrogens (tertiary/aromatic N) is 1. The second-order valence-electron chi connectivity index (χ2n) is 5.29. The summed E-state index contributed by atoms with van der Waals surface area (Å²) in [5.41, 5.74) is 2.61. The number of amides is 1. The number of nitrogens with one attached hydrogen (secondary N) is 1. The fraction of sp³-hybridized carbons (Fsp3) is 0.294. The van der Waals surface area contributed by atoms with E-state index in [0.29, 0.717) is 19.0 Å². The van der Waals surface area contributed by atoms with Crippen LogP contribution in [-0.4, -0.2) is 24.5 Å². The van der Waals surface area contributed by atoms with Crippen molar-refractivity contribution < 1.29 is 14.3 Å². The lowest BCUT2D eigenvalue weighted by Crippen LogP contribution is -2.22. The number of aromatic nitrogens is 1. The van der Waals surface area contributed by atoms with Gasteiger partial charge in [-0.05, 0) is 58.6 Å². The molecule has 0 radical (unpaired) electrons. The first-order valence-electron chi connectivity index (χ1n) is 7.39. The van der Waals surface area contributed by atoms with Crippen molar-refractivity contribution in [3.05, 3.63) is 51.6 Å². The molecule has 2 aromatic rings. The van der Waals surface area contributed by atoms with E-state index in [9.17, 15) is 4.79 Å². The van der Waals surface area contributed by atoms with Crippen LogP contribution in [-0.2, 0) is 13.0 Å². The second kappa shape index (κ2) is 7.00. The van der Waals surface area contributed by atoms with Crippen LogP contribution in [0.2, 0.25) is 0 Å². The van der Waals surface area contributed by atoms with Crippen molar-refractivity contribution in [2.24, 2.45) is 0 Å². The Kier molecular flexibility index (Phi) is 4.81. The topological polar surface area (TPSA) is 60.5 Å². The lowest BCUT2D eigenvalue weighted by Gasteiger charge is -2.12. The number of halogens is 1. The number of rotatable bonds is 4. The number of carbonyl (C=O) groups is 1. The SMILES string of the molecule is COc1ncc(Br)cc1COc1ccc2c(c1)CCCNC2=O. The van der Waals surface area contributed by atoms with Gasteiger partial charge in [0.15, 0.2) is 0 Å². The van der Waals surface area contributed by atoms with Gasteiger partial charge in [0.25, 0.3) is 5.91 Å². The molecular weight excluding hydrogens is 360 g/mol. The van der Waals surface area contributed by atoms with Crippen LogP contribution in [0.4, 0.5) is 0 Å². The van der Waals surface area contributed by atoms with Crippen molar-refractivity contribution in [2.45, 2.75) is 19.4 Å². The maximum atomic E-state index is 11.9. The minimum atomic E-state index is -0.0121. The van der Waals surface area contributed by atoms with Crippen molar-refractivity contribution in [3.8, 4) is 11.6 Å². The summed E-state index contributed by atoms with van der Waals surface area (Å²) in [5.74, 6) is 1.27. The lowest BCUT2D eigenvalue weighted by molar-refractivity contribution is 0.0956. The molecule has 1 N–H and O–H groups in total. The number of benzene rings is 1. The van der Waals surface area contributed by atoms with Gasteiger partial charge in [0, 0.05) is 22.8 Å². The third-order valence-electron chi connectivity index (χ3n) is 3.71. The first kappa shape index (κ1) is 15.8. The van der Waals surface area contributed by atoms with Crippen molar-refractivity contribution in [1.82, 2.24) is 10.3 Å². The van der Waals surface area contributed by atoms with Crippen LogP contribution >= 0.6 is 15.9 Å². The Morgan fingerprint density at radius 3 is 3.04 bits per heavy atom. The van der Waals surface area contributed by atoms with E-state index < -0.39 is 0 Å². The van der Waals surface area contributed by atoms with Crippen molar-refractivity contribution in [1.29, 1.82) is 0 Å². The highest BCUT2D eigenvalue weighted by molar-refractivity contribution is 9.10. The fourth-order valence-corrected chi connectivity index (χ4v) is 2.96. The Morgan fingerprint density at radius 1 is 1.35 bits per heavy atom. The first-order chi connectivity index (χ1) is 11.2. The smallest absolute Gasteiger partial charge is 0.251 e. The Morgan fingerprint density at radius 2 is 2.22 bits per heavy atom. The minimum Gasteiger partial charge on any atom is -0.489 e. The maximum absolute atomic E-state index is 11.9. The van der Waals surface area contributed by atoms with Gasteiger partial charge < -0.3 is 14.8 Å². The van der Waals surface area contributed by atoms with Crippen LogP contribution in [0, 0.1) is 0 Å². The molecule has 5 nitrogen and oxygen atoms in total. The molecule has 1 aromatic carbocycles. The zero-order valence-electron chi connectivity index (χ0n) is 12.8. The third-order valence-corrected chi connectivity index (χ3v) is 4.14. The zero-order chi connectivity index (χ0) is 16.2. The van der Waals surface area contributed by atoms with Crippen LogP contribution in [0.25, 0.3) is 0 Å². The largest absolute Gasteiger partial charge is 0.489 e. The predicted octanol–water partition coefficient (Wildman–Crippen LogP) is 3.11. The van der Waals surface area contributed by atoms with Crippen molar-refractivity contribution in [2.75, 3.05) is 13.7 Å². The third kappa shape index (κ3) is 3.64. The van der Waals surface area contributed by atoms with E-state index in [1.54, 1.807) is 13.3 Å². The van der Waals surface area contributed by atoms with Gasteiger partial charge in [-0.25, -0.2) is 4.98 Å². The van der Waals surface area contributed by atoms with Gasteiger partial charge in [-0.15, -0.1) is 0 Å². The molecule has 1 aromatic heterocycles. The van der Waals surface area contributed by atoms with Gasteiger partial charge in [0.2, 0.25) is 5.88 Å². The monoisotopic (exact) mass is 376 g/mol. The van der Waals surface area contributed by atoms with E-state index in [4.69, 9.17) is 9.47 Å². The molecule has 1 amide bonds. The summed E-state index contributed by atoms with van der Waals surface area (Å²) in [4.78, 5) is 16.1. The summed E-state index contributed by atoms with van der Waals surface area (Å²) < 4.78 is 12.0. The molecule has 1 aliphatic heterocycles. The molecule has 23 heavy (non-hydrogen) atoms. The van der Waals surface area contributed by atoms with Gasteiger partial charge in [-0.3, -0.25) is 4.79 Å². The molecule has 3 rings (SSSR count). The van der Waals surface area contributed by atoms with E-state index >= 15 is 0 Å². The summed E-state index contributed by atoms with van der Waals surface area (Å²) >= 11 is 3.40. The number of methoxy groups -OCH3 is 1. The Labute approximate surface area is 143 Å². The second-order valence-corrected chi connectivity index (χ2v) is 6.20. The first-order valence-corrected chi connectivity index (χ1v) is 8.19. The number of aryl methyl sites for hydroxylation is 1. The molecule has 2 heterocycles. The molecule has 0 saturated carbocycles. The summed E-state index contributed by atoms with van der Waals surface area (Å²) in [6.07, 6.45) is 3.49. The fourth-order valence-electron chi connectivity index (χ4n) is 2.58. The zero-order valence-corrected chi connectivity index (χ0v) is 14.4. The molecule has 0 aliphatic carbocycles. The summed E-state index contributed by atoms with van der Waals surface area (Å²) in [5, 5.41) is 2.89. The predicted molar refractivity (Wildman–Crippen MR) is 89.9 cm³/mol. The number of fused-ring (bicyclic) bond motifs is 1. The molecule has 0 spiro atoms. The summed E-state index contributed by atoms with van der Waals surface area (Å²) in [6, 6.07) is 7.50. The van der Waals surface area contributed by atoms with Crippen LogP contribution < -0.4 is 14.8 Å². The molecule has 0 unspecified atom stereocenters. The van der Waals surface area contributed by atoms with E-state index in [-0.39, 0.29) is 5.91 Å². The number of pyridine rings is 1. The molecule has 6 heteroatoms. The maximum Gasteiger partial charge on any atom is 0.251 e. The number of hydrogen-bond donors (Lipinski definition) is 1. The van der Waals surface area contributed by atoms with Gasteiger partial charge in [-0.2, -0.15) is 0 Å². The number of carbonyl (C=O) groups excluding carboxylic acids is 1. The average Bonchev–Trinajstić information content (AvgIpc) is 2.74. The molecule has 1 aliphatic rings. The van der Waals surface area contributed by atoms with Crippen LogP contribution in [0.15, 0.2) is 34.9 Å². The van der Waals surface area contributed by atoms with Crippen LogP contribution in [0.5, 0.6) is 11.6 Å². The lowest BCUT2D eigenvalue weighted by atomic mass is 10.0. The van der Waals surface area contributed by atoms with Gasteiger partial charge in [-0.1, -0.05) is 0 Å². The highest BCUT2D eigenvalue weighted by Crippen LogP contribution is 2.24. The normalized spacial score (nSPS) is 13.7. The summed E-state index contributed by atoms with van der Waals surface area (Å²) in [6.45, 7) is 1.06. The van der Waals surface area contributed by atoms with Crippen LogP contribution in [0.3, 0.4) is 0 Å². The quantitative estimate of drug-likeness (QED) is 0.890. The van der Waals surface area contributed by atoms with E-state index in [1.807, 2.05) is 24.3 Å². The van der Waals surface area contributed by atoms with Crippen LogP contribution in [0.1, 0.15) is 27.9 Å². The number of ether oxygens (including phenoxy) is 2. The van der Waals surface area contributed by atoms with Crippen molar-refractivity contribution in [3.63, 3.8) is 0 Å². The summed E-state index contributed by atoms with van der Waals surface area (Å²) in [7, 11) is 1.58. The molecule has 0 saturated heterocycles. The molecule has 0 bridgehead atoms. The highest BCUT2D eigenvalue weighted by Gasteiger charge is 2.15. The van der Waals surface area contributed by atoms with E-state index in [0.717, 1.165) is 39.8 Å². The van der Waals surface area contributed by atoms with Crippen molar-refractivity contribution >= 4 is 21.8 Å². The molecule has 0 fully saturated rings. The van der Waals surface area contributed by atoms with Gasteiger partial charge >= 0.3 is 0 Å². The van der Waals surface area contributed by atoms with Gasteiger partial charge in [0.05, 0.1) is 12.7 Å².